The summed E-state index contributed by atoms with van der Waals surface area (Å²) in [5, 5.41) is 9.45. The molecule has 0 atom stereocenters. The van der Waals surface area contributed by atoms with E-state index in [9.17, 15) is 9.90 Å². The van der Waals surface area contributed by atoms with Gasteiger partial charge >= 0.3 is 6.09 Å². The van der Waals surface area contributed by atoms with Gasteiger partial charge in [0, 0.05) is 37.8 Å². The maximum Gasteiger partial charge on any atom is 0.409 e. The van der Waals surface area contributed by atoms with E-state index in [1.165, 1.54) is 58.0 Å². The van der Waals surface area contributed by atoms with E-state index < -0.39 is 0 Å². The van der Waals surface area contributed by atoms with Crippen molar-refractivity contribution in [1.82, 2.24) is 14.7 Å². The van der Waals surface area contributed by atoms with Crippen molar-refractivity contribution in [2.75, 3.05) is 45.9 Å². The number of hydrogen-bond acceptors (Lipinski definition) is 5. The number of aliphatic hydroxyl groups excluding tert-OH is 1. The number of likely N-dealkylation sites (tertiary alicyclic amines) is 2. The van der Waals surface area contributed by atoms with Crippen LogP contribution in [0, 0.1) is 5.41 Å². The van der Waals surface area contributed by atoms with Gasteiger partial charge in [0.25, 0.3) is 0 Å². The fraction of sp³-hybridized carbons (Fsp3) is 0.952. The van der Waals surface area contributed by atoms with Crippen LogP contribution in [0.5, 0.6) is 0 Å². The molecule has 1 spiro atoms. The van der Waals surface area contributed by atoms with E-state index >= 15 is 0 Å². The highest BCUT2D eigenvalue weighted by Gasteiger charge is 2.51. The van der Waals surface area contributed by atoms with Crippen molar-refractivity contribution >= 4 is 6.09 Å². The topological polar surface area (TPSA) is 56.2 Å². The van der Waals surface area contributed by atoms with Gasteiger partial charge < -0.3 is 19.6 Å². The zero-order chi connectivity index (χ0) is 18.9. The highest BCUT2D eigenvalue weighted by atomic mass is 16.6. The Balaban J connectivity index is 1.22. The third kappa shape index (κ3) is 3.99. The molecule has 0 aromatic carbocycles. The van der Waals surface area contributed by atoms with E-state index in [1.54, 1.807) is 0 Å². The number of nitrogens with zero attached hydrogens (tertiary/aromatic N) is 3. The van der Waals surface area contributed by atoms with E-state index in [0.29, 0.717) is 30.7 Å². The van der Waals surface area contributed by atoms with E-state index in [2.05, 4.69) is 9.80 Å². The molecule has 2 saturated heterocycles. The lowest BCUT2D eigenvalue weighted by Crippen LogP contribution is -2.57. The predicted octanol–water partition coefficient (Wildman–Crippen LogP) is 2.31. The van der Waals surface area contributed by atoms with Gasteiger partial charge in [0.15, 0.2) is 0 Å². The normalized spacial score (nSPS) is 32.7. The minimum absolute atomic E-state index is 0.126. The summed E-state index contributed by atoms with van der Waals surface area (Å²) in [6, 6.07) is 2.11. The van der Waals surface area contributed by atoms with E-state index in [1.807, 2.05) is 11.8 Å². The fourth-order valence-electron chi connectivity index (χ4n) is 5.92. The van der Waals surface area contributed by atoms with Crippen LogP contribution >= 0.6 is 0 Å². The zero-order valence-electron chi connectivity index (χ0n) is 16.9. The number of aliphatic hydroxyl groups is 1. The first-order valence-electron chi connectivity index (χ1n) is 11.2. The second kappa shape index (κ2) is 8.26. The number of ether oxygens (including phenoxy) is 1. The molecule has 4 aliphatic rings. The number of rotatable bonds is 6. The molecule has 6 nitrogen and oxygen atoms in total. The molecule has 0 aromatic heterocycles. The molecule has 2 saturated carbocycles. The molecule has 0 unspecified atom stereocenters. The molecule has 1 amide bonds. The SMILES string of the molecule is CCOC(=O)N1CCC2(CC(N3CCC(N(CCO)C4CCC4)CC3)C2)C1. The third-order valence-electron chi connectivity index (χ3n) is 7.69. The summed E-state index contributed by atoms with van der Waals surface area (Å²) in [6.45, 7) is 7.64. The second-order valence-corrected chi connectivity index (χ2v) is 9.25. The lowest BCUT2D eigenvalue weighted by Gasteiger charge is -2.53. The summed E-state index contributed by atoms with van der Waals surface area (Å²) in [7, 11) is 0. The molecular formula is C21H37N3O3. The van der Waals surface area contributed by atoms with E-state index in [4.69, 9.17) is 4.74 Å². The van der Waals surface area contributed by atoms with Crippen LogP contribution < -0.4 is 0 Å². The molecule has 0 aromatic rings. The number of carbonyl (C=O) groups is 1. The zero-order valence-corrected chi connectivity index (χ0v) is 16.9. The lowest BCUT2D eigenvalue weighted by molar-refractivity contribution is -0.0286. The van der Waals surface area contributed by atoms with Crippen molar-refractivity contribution < 1.29 is 14.6 Å². The van der Waals surface area contributed by atoms with Crippen LogP contribution in [0.1, 0.15) is 58.3 Å². The van der Waals surface area contributed by atoms with Gasteiger partial charge in [-0.25, -0.2) is 4.79 Å². The summed E-state index contributed by atoms with van der Waals surface area (Å²) >= 11 is 0. The molecule has 4 fully saturated rings. The van der Waals surface area contributed by atoms with Gasteiger partial charge in [0.05, 0.1) is 13.2 Å². The van der Waals surface area contributed by atoms with Crippen molar-refractivity contribution in [2.45, 2.75) is 76.4 Å². The average Bonchev–Trinajstić information content (AvgIpc) is 3.05. The molecular weight excluding hydrogens is 342 g/mol. The maximum absolute atomic E-state index is 12.0. The van der Waals surface area contributed by atoms with Gasteiger partial charge in [0.1, 0.15) is 0 Å². The number of amides is 1. The third-order valence-corrected chi connectivity index (χ3v) is 7.69. The van der Waals surface area contributed by atoms with Crippen molar-refractivity contribution in [2.24, 2.45) is 5.41 Å². The Bertz CT molecular complexity index is 511. The maximum atomic E-state index is 12.0. The molecule has 0 radical (unpaired) electrons. The minimum atomic E-state index is -0.126. The Morgan fingerprint density at radius 3 is 2.44 bits per heavy atom. The molecule has 6 heteroatoms. The van der Waals surface area contributed by atoms with Crippen molar-refractivity contribution in [1.29, 1.82) is 0 Å². The number of carbonyl (C=O) groups excluding carboxylic acids is 1. The molecule has 1 N–H and O–H groups in total. The molecule has 4 rings (SSSR count). The monoisotopic (exact) mass is 379 g/mol. The Morgan fingerprint density at radius 1 is 1.15 bits per heavy atom. The number of hydrogen-bond donors (Lipinski definition) is 1. The Labute approximate surface area is 163 Å². The molecule has 2 aliphatic heterocycles. The number of piperidine rings is 1. The van der Waals surface area contributed by atoms with Gasteiger partial charge in [0.2, 0.25) is 0 Å². The van der Waals surface area contributed by atoms with Crippen LogP contribution in [-0.2, 0) is 4.74 Å². The Hall–Kier alpha value is -0.850. The summed E-state index contributed by atoms with van der Waals surface area (Å²) in [6.07, 6.45) is 10.0. The van der Waals surface area contributed by atoms with Crippen molar-refractivity contribution in [3.63, 3.8) is 0 Å². The lowest BCUT2D eigenvalue weighted by atomic mass is 9.64. The van der Waals surface area contributed by atoms with Gasteiger partial charge in [-0.2, -0.15) is 0 Å². The summed E-state index contributed by atoms with van der Waals surface area (Å²) in [5.41, 5.74) is 0.364. The summed E-state index contributed by atoms with van der Waals surface area (Å²) in [4.78, 5) is 19.2. The summed E-state index contributed by atoms with van der Waals surface area (Å²) < 4.78 is 5.17. The molecule has 0 bridgehead atoms. The first-order valence-corrected chi connectivity index (χ1v) is 11.2. The van der Waals surface area contributed by atoms with Gasteiger partial charge in [-0.05, 0) is 70.4 Å². The first-order chi connectivity index (χ1) is 13.1. The Kier molecular flexibility index (Phi) is 5.95. The van der Waals surface area contributed by atoms with Gasteiger partial charge in [-0.15, -0.1) is 0 Å². The molecule has 2 heterocycles. The predicted molar refractivity (Wildman–Crippen MR) is 105 cm³/mol. The molecule has 154 valence electrons. The first kappa shape index (κ1) is 19.5. The highest BCUT2D eigenvalue weighted by Crippen LogP contribution is 2.50. The standard InChI is InChI=1S/C21H37N3O3/c1-2-27-20(26)23-11-8-21(16-23)14-19(15-21)22-9-6-18(7-10-22)24(12-13-25)17-4-3-5-17/h17-19,25H,2-16H2,1H3. The van der Waals surface area contributed by atoms with Crippen LogP contribution in [0.3, 0.4) is 0 Å². The van der Waals surface area contributed by atoms with E-state index in [-0.39, 0.29) is 6.09 Å². The van der Waals surface area contributed by atoms with Gasteiger partial charge in [-0.3, -0.25) is 4.90 Å². The van der Waals surface area contributed by atoms with Crippen LogP contribution in [0.15, 0.2) is 0 Å². The quantitative estimate of drug-likeness (QED) is 0.767. The molecule has 2 aliphatic carbocycles. The van der Waals surface area contributed by atoms with Crippen LogP contribution in [0.25, 0.3) is 0 Å². The van der Waals surface area contributed by atoms with E-state index in [0.717, 1.165) is 32.1 Å². The largest absolute Gasteiger partial charge is 0.450 e. The second-order valence-electron chi connectivity index (χ2n) is 9.25. The van der Waals surface area contributed by atoms with Crippen molar-refractivity contribution in [3.05, 3.63) is 0 Å². The Morgan fingerprint density at radius 2 is 1.85 bits per heavy atom. The van der Waals surface area contributed by atoms with Crippen molar-refractivity contribution in [3.8, 4) is 0 Å². The van der Waals surface area contributed by atoms with Crippen LogP contribution in [0.2, 0.25) is 0 Å². The fourth-order valence-corrected chi connectivity index (χ4v) is 5.92. The van der Waals surface area contributed by atoms with Gasteiger partial charge in [-0.1, -0.05) is 6.42 Å². The minimum Gasteiger partial charge on any atom is -0.450 e. The summed E-state index contributed by atoms with van der Waals surface area (Å²) in [5.74, 6) is 0. The average molecular weight is 380 g/mol. The highest BCUT2D eigenvalue weighted by molar-refractivity contribution is 5.68. The molecule has 27 heavy (non-hydrogen) atoms. The van der Waals surface area contributed by atoms with Crippen LogP contribution in [-0.4, -0.2) is 90.0 Å². The van der Waals surface area contributed by atoms with Crippen LogP contribution in [0.4, 0.5) is 4.79 Å². The smallest absolute Gasteiger partial charge is 0.409 e.